The Morgan fingerprint density at radius 3 is 1.65 bits per heavy atom. The summed E-state index contributed by atoms with van der Waals surface area (Å²) in [6.45, 7) is 7.68. The first-order valence-electron chi connectivity index (χ1n) is 8.34. The van der Waals surface area contributed by atoms with Gasteiger partial charge in [0.15, 0.2) is 0 Å². The van der Waals surface area contributed by atoms with Gasteiger partial charge in [0, 0.05) is 0 Å². The highest BCUT2D eigenvalue weighted by Crippen LogP contribution is 2.67. The monoisotopic (exact) mass is 304 g/mol. The molecule has 0 aliphatic carbocycles. The normalized spacial score (nSPS) is 46.5. The second-order valence-electron chi connectivity index (χ2n) is 7.15. The molecule has 1 aromatic rings. The zero-order valence-electron chi connectivity index (χ0n) is 12.9. The largest absolute Gasteiger partial charge is 0.0682 e. The van der Waals surface area contributed by atoms with E-state index in [2.05, 4.69) is 45.0 Å². The Balaban J connectivity index is 1.89. The molecule has 108 valence electrons. The maximum Gasteiger partial charge on any atom is -0.0134 e. The predicted octanol–water partition coefficient (Wildman–Crippen LogP) is 4.65. The summed E-state index contributed by atoms with van der Waals surface area (Å²) >= 11 is 0. The Kier molecular flexibility index (Phi) is 3.48. The summed E-state index contributed by atoms with van der Waals surface area (Å²) in [4.78, 5) is 0. The van der Waals surface area contributed by atoms with Crippen LogP contribution in [-0.4, -0.2) is 22.6 Å². The van der Waals surface area contributed by atoms with Crippen LogP contribution in [0, 0.1) is 5.92 Å². The van der Waals surface area contributed by atoms with Crippen molar-refractivity contribution >= 4 is 26.5 Å². The fourth-order valence-electron chi connectivity index (χ4n) is 5.06. The Morgan fingerprint density at radius 2 is 1.20 bits per heavy atom. The number of rotatable bonds is 0. The van der Waals surface area contributed by atoms with Gasteiger partial charge in [-0.2, -0.15) is 0 Å². The number of hydrogen-bond acceptors (Lipinski definition) is 0. The van der Waals surface area contributed by atoms with Crippen molar-refractivity contribution in [2.24, 2.45) is 5.92 Å². The molecule has 2 fully saturated rings. The van der Waals surface area contributed by atoms with Crippen LogP contribution in [0.5, 0.6) is 0 Å². The molecule has 4 rings (SSSR count). The van der Waals surface area contributed by atoms with Gasteiger partial charge in [0.2, 0.25) is 0 Å². The maximum absolute atomic E-state index is 2.61. The van der Waals surface area contributed by atoms with Gasteiger partial charge in [0.25, 0.3) is 0 Å². The molecule has 0 N–H and O–H groups in total. The Labute approximate surface area is 126 Å². The van der Waals surface area contributed by atoms with Crippen LogP contribution in [0.25, 0.3) is 0 Å². The van der Waals surface area contributed by atoms with Crippen molar-refractivity contribution in [1.29, 1.82) is 0 Å². The van der Waals surface area contributed by atoms with Crippen LogP contribution < -0.4 is 10.6 Å². The highest BCUT2D eigenvalue weighted by molar-refractivity contribution is 7.74. The molecule has 2 heteroatoms. The number of fused-ring (bicyclic) bond motifs is 5. The smallest absolute Gasteiger partial charge is 0.0134 e. The molecule has 2 unspecified atom stereocenters. The lowest BCUT2D eigenvalue weighted by atomic mass is 9.96. The van der Waals surface area contributed by atoms with Crippen molar-refractivity contribution in [3.8, 4) is 0 Å². The zero-order valence-corrected chi connectivity index (χ0v) is 14.7. The second-order valence-corrected chi connectivity index (χ2v) is 12.8. The van der Waals surface area contributed by atoms with Gasteiger partial charge >= 0.3 is 0 Å². The van der Waals surface area contributed by atoms with Crippen molar-refractivity contribution in [3.05, 3.63) is 24.3 Å². The molecule has 0 nitrogen and oxygen atoms in total. The Morgan fingerprint density at radius 1 is 0.750 bits per heavy atom. The first kappa shape index (κ1) is 13.7. The van der Waals surface area contributed by atoms with Crippen molar-refractivity contribution in [2.45, 2.75) is 69.1 Å². The molecule has 0 amide bonds. The fraction of sp³-hybridized carbons (Fsp3) is 0.667. The average molecular weight is 304 g/mol. The molecule has 0 radical (unpaired) electrons. The topological polar surface area (TPSA) is 0 Å². The summed E-state index contributed by atoms with van der Waals surface area (Å²) in [7, 11) is 0.219. The van der Waals surface area contributed by atoms with Crippen molar-refractivity contribution in [1.82, 2.24) is 0 Å². The third-order valence-corrected chi connectivity index (χ3v) is 13.4. The second kappa shape index (κ2) is 5.07. The molecule has 20 heavy (non-hydrogen) atoms. The highest BCUT2D eigenvalue weighted by Gasteiger charge is 2.49. The van der Waals surface area contributed by atoms with Crippen LogP contribution >= 0.6 is 15.8 Å². The van der Waals surface area contributed by atoms with Crippen molar-refractivity contribution < 1.29 is 0 Å². The summed E-state index contributed by atoms with van der Waals surface area (Å²) in [5.74, 6) is 0.981. The molecule has 6 atom stereocenters. The molecular weight excluding hydrogens is 278 g/mol. The number of benzene rings is 1. The van der Waals surface area contributed by atoms with Gasteiger partial charge in [-0.05, 0) is 64.8 Å². The molecular formula is C18H26P2. The van der Waals surface area contributed by atoms with E-state index in [1.54, 1.807) is 0 Å². The van der Waals surface area contributed by atoms with E-state index in [1.807, 2.05) is 10.6 Å². The van der Waals surface area contributed by atoms with E-state index in [0.29, 0.717) is 0 Å². The summed E-state index contributed by atoms with van der Waals surface area (Å²) in [5.41, 5.74) is 3.99. The Bertz CT molecular complexity index is 467. The van der Waals surface area contributed by atoms with Crippen LogP contribution in [0.1, 0.15) is 46.5 Å². The molecule has 1 aromatic carbocycles. The molecule has 0 spiro atoms. The van der Waals surface area contributed by atoms with E-state index in [1.165, 1.54) is 25.7 Å². The molecule has 3 aliphatic rings. The van der Waals surface area contributed by atoms with Crippen LogP contribution in [0.4, 0.5) is 0 Å². The minimum absolute atomic E-state index is 0.109. The van der Waals surface area contributed by atoms with Gasteiger partial charge < -0.3 is 0 Å². The third kappa shape index (κ3) is 1.87. The van der Waals surface area contributed by atoms with E-state index in [4.69, 9.17) is 0 Å². The van der Waals surface area contributed by atoms with Crippen LogP contribution in [0.3, 0.4) is 0 Å². The third-order valence-electron chi connectivity index (χ3n) is 6.08. The van der Waals surface area contributed by atoms with Crippen LogP contribution in [0.15, 0.2) is 24.3 Å². The summed E-state index contributed by atoms with van der Waals surface area (Å²) < 4.78 is 0. The maximum atomic E-state index is 2.61. The lowest BCUT2D eigenvalue weighted by Crippen LogP contribution is -2.25. The van der Waals surface area contributed by atoms with Gasteiger partial charge in [-0.3, -0.25) is 0 Å². The lowest BCUT2D eigenvalue weighted by molar-refractivity contribution is 0.493. The first-order chi connectivity index (χ1) is 9.68. The van der Waals surface area contributed by atoms with E-state index < -0.39 is 0 Å². The predicted molar refractivity (Wildman–Crippen MR) is 93.7 cm³/mol. The Hall–Kier alpha value is 0.0800. The minimum atomic E-state index is 0.109. The van der Waals surface area contributed by atoms with Gasteiger partial charge in [-0.25, -0.2) is 0 Å². The summed E-state index contributed by atoms with van der Waals surface area (Å²) in [5, 5.41) is 3.65. The van der Waals surface area contributed by atoms with E-state index in [-0.39, 0.29) is 15.8 Å². The van der Waals surface area contributed by atoms with Gasteiger partial charge in [0.05, 0.1) is 0 Å². The quantitative estimate of drug-likeness (QED) is 0.612. The van der Waals surface area contributed by atoms with Gasteiger partial charge in [0.1, 0.15) is 0 Å². The van der Waals surface area contributed by atoms with Crippen LogP contribution in [-0.2, 0) is 0 Å². The first-order valence-corrected chi connectivity index (χ1v) is 11.3. The standard InChI is InChI=1S/C18H26P2/c1-12-8-10-15-14(3)16-11-9-13(2)20(16)18-7-5-4-6-17(18)19(12)15/h4-7,12-16H,8-11H2,1-3H3/t12-,13-,14?,15+,16+,19?,20?/m0/s1. The summed E-state index contributed by atoms with van der Waals surface area (Å²) in [6.07, 6.45) is 5.98. The SMILES string of the molecule is CC1[C@H]2CC[C@H](C)P2c2ccccc2P2[C@@H]1CC[C@@H]2C. The molecule has 3 heterocycles. The van der Waals surface area contributed by atoms with Crippen molar-refractivity contribution in [3.63, 3.8) is 0 Å². The van der Waals surface area contributed by atoms with E-state index in [9.17, 15) is 0 Å². The molecule has 2 saturated heterocycles. The van der Waals surface area contributed by atoms with Gasteiger partial charge in [-0.15, -0.1) is 0 Å². The van der Waals surface area contributed by atoms with E-state index >= 15 is 0 Å². The zero-order chi connectivity index (χ0) is 13.9. The minimum Gasteiger partial charge on any atom is -0.0682 e. The molecule has 0 aromatic heterocycles. The summed E-state index contributed by atoms with van der Waals surface area (Å²) in [6, 6.07) is 9.64. The fourth-order valence-corrected chi connectivity index (χ4v) is 13.2. The average Bonchev–Trinajstić information content (AvgIpc) is 2.98. The number of hydrogen-bond donors (Lipinski definition) is 0. The molecule has 0 saturated carbocycles. The van der Waals surface area contributed by atoms with E-state index in [0.717, 1.165) is 28.6 Å². The van der Waals surface area contributed by atoms with Crippen LogP contribution in [0.2, 0.25) is 0 Å². The lowest BCUT2D eigenvalue weighted by Gasteiger charge is -2.30. The highest BCUT2D eigenvalue weighted by atomic mass is 31.1. The molecule has 3 aliphatic heterocycles. The van der Waals surface area contributed by atoms with Crippen molar-refractivity contribution in [2.75, 3.05) is 0 Å². The molecule has 0 bridgehead atoms. The van der Waals surface area contributed by atoms with Gasteiger partial charge in [-0.1, -0.05) is 60.9 Å².